The van der Waals surface area contributed by atoms with Gasteiger partial charge in [0.1, 0.15) is 0 Å². The number of carbonyl (C=O) groups is 2. The Balaban J connectivity index is 2.97. The van der Waals surface area contributed by atoms with Crippen molar-refractivity contribution in [1.29, 1.82) is 0 Å². The predicted octanol–water partition coefficient (Wildman–Crippen LogP) is 2.09. The Bertz CT molecular complexity index is 500. The highest BCUT2D eigenvalue weighted by atomic mass is 16.5. The van der Waals surface area contributed by atoms with Crippen molar-refractivity contribution in [3.63, 3.8) is 0 Å². The lowest BCUT2D eigenvalue weighted by atomic mass is 9.99. The summed E-state index contributed by atoms with van der Waals surface area (Å²) in [6.07, 6.45) is 0.812. The summed E-state index contributed by atoms with van der Waals surface area (Å²) in [5.41, 5.74) is 7.54. The van der Waals surface area contributed by atoms with E-state index in [1.165, 1.54) is 7.11 Å². The van der Waals surface area contributed by atoms with Gasteiger partial charge in [0.15, 0.2) is 0 Å². The molecule has 20 heavy (non-hydrogen) atoms. The molecule has 0 aliphatic carbocycles. The highest BCUT2D eigenvalue weighted by molar-refractivity contribution is 6.02. The molecule has 1 aromatic carbocycles. The standard InChI is InChI=1S/C15H22N2O3/c1-5-10(3)13(16)14(18)17-12-7-6-9(2)8-11(12)15(19)20-4/h6-8,10,13H,5,16H2,1-4H3,(H,17,18)/t10-,13-/m0/s1. The fourth-order valence-electron chi connectivity index (χ4n) is 1.77. The molecule has 0 saturated carbocycles. The smallest absolute Gasteiger partial charge is 0.339 e. The number of benzene rings is 1. The van der Waals surface area contributed by atoms with Gasteiger partial charge in [-0.1, -0.05) is 31.9 Å². The summed E-state index contributed by atoms with van der Waals surface area (Å²) in [5.74, 6) is -0.712. The summed E-state index contributed by atoms with van der Waals surface area (Å²) in [5, 5.41) is 2.70. The molecule has 2 atom stereocenters. The zero-order valence-corrected chi connectivity index (χ0v) is 12.4. The third kappa shape index (κ3) is 3.81. The lowest BCUT2D eigenvalue weighted by Crippen LogP contribution is -2.40. The Morgan fingerprint density at radius 2 is 2.05 bits per heavy atom. The minimum Gasteiger partial charge on any atom is -0.465 e. The zero-order chi connectivity index (χ0) is 15.3. The fourth-order valence-corrected chi connectivity index (χ4v) is 1.77. The lowest BCUT2D eigenvalue weighted by Gasteiger charge is -2.18. The van der Waals surface area contributed by atoms with Crippen LogP contribution in [0.25, 0.3) is 0 Å². The number of hydrogen-bond acceptors (Lipinski definition) is 4. The van der Waals surface area contributed by atoms with Crippen molar-refractivity contribution in [2.45, 2.75) is 33.2 Å². The van der Waals surface area contributed by atoms with Crippen molar-refractivity contribution in [2.75, 3.05) is 12.4 Å². The van der Waals surface area contributed by atoms with Crippen LogP contribution < -0.4 is 11.1 Å². The second kappa shape index (κ2) is 7.05. The maximum atomic E-state index is 12.1. The molecule has 0 unspecified atom stereocenters. The SMILES string of the molecule is CC[C@H](C)[C@H](N)C(=O)Nc1ccc(C)cc1C(=O)OC. The summed E-state index contributed by atoms with van der Waals surface area (Å²) < 4.78 is 4.72. The molecule has 0 radical (unpaired) electrons. The number of methoxy groups -OCH3 is 1. The minimum atomic E-state index is -0.605. The van der Waals surface area contributed by atoms with Crippen LogP contribution >= 0.6 is 0 Å². The molecule has 5 heteroatoms. The molecule has 0 saturated heterocycles. The van der Waals surface area contributed by atoms with Crippen molar-refractivity contribution >= 4 is 17.6 Å². The second-order valence-corrected chi connectivity index (χ2v) is 4.94. The molecule has 3 N–H and O–H groups in total. The monoisotopic (exact) mass is 278 g/mol. The van der Waals surface area contributed by atoms with E-state index in [9.17, 15) is 9.59 Å². The highest BCUT2D eigenvalue weighted by Crippen LogP contribution is 2.19. The second-order valence-electron chi connectivity index (χ2n) is 4.94. The summed E-state index contributed by atoms with van der Waals surface area (Å²) in [4.78, 5) is 23.8. The molecule has 0 aromatic heterocycles. The van der Waals surface area contributed by atoms with Crippen molar-refractivity contribution in [3.8, 4) is 0 Å². The van der Waals surface area contributed by atoms with Crippen LogP contribution in [0.3, 0.4) is 0 Å². The molecule has 1 amide bonds. The van der Waals surface area contributed by atoms with Crippen molar-refractivity contribution < 1.29 is 14.3 Å². The van der Waals surface area contributed by atoms with Crippen LogP contribution in [0.15, 0.2) is 18.2 Å². The topological polar surface area (TPSA) is 81.4 Å². The lowest BCUT2D eigenvalue weighted by molar-refractivity contribution is -0.118. The Morgan fingerprint density at radius 3 is 2.60 bits per heavy atom. The number of rotatable bonds is 5. The number of ether oxygens (including phenoxy) is 1. The van der Waals surface area contributed by atoms with Gasteiger partial charge in [-0.25, -0.2) is 4.79 Å². The van der Waals surface area contributed by atoms with E-state index in [1.807, 2.05) is 26.8 Å². The summed E-state index contributed by atoms with van der Waals surface area (Å²) >= 11 is 0. The summed E-state index contributed by atoms with van der Waals surface area (Å²) in [6, 6.07) is 4.57. The number of carbonyl (C=O) groups excluding carboxylic acids is 2. The van der Waals surface area contributed by atoms with Gasteiger partial charge in [0.2, 0.25) is 5.91 Å². The van der Waals surface area contributed by atoms with Crippen LogP contribution in [0.2, 0.25) is 0 Å². The first-order chi connectivity index (χ1) is 9.40. The zero-order valence-electron chi connectivity index (χ0n) is 12.4. The van der Waals surface area contributed by atoms with Crippen LogP contribution in [0.4, 0.5) is 5.69 Å². The number of aryl methyl sites for hydroxylation is 1. The van der Waals surface area contributed by atoms with E-state index < -0.39 is 12.0 Å². The normalized spacial score (nSPS) is 13.4. The molecule has 1 aromatic rings. The Hall–Kier alpha value is -1.88. The first-order valence-corrected chi connectivity index (χ1v) is 6.66. The van der Waals surface area contributed by atoms with E-state index in [2.05, 4.69) is 5.32 Å². The van der Waals surface area contributed by atoms with E-state index in [1.54, 1.807) is 12.1 Å². The van der Waals surface area contributed by atoms with Crippen LogP contribution in [0.5, 0.6) is 0 Å². The van der Waals surface area contributed by atoms with E-state index in [0.29, 0.717) is 11.3 Å². The molecule has 0 aliphatic heterocycles. The van der Waals surface area contributed by atoms with Gasteiger partial charge >= 0.3 is 5.97 Å². The van der Waals surface area contributed by atoms with Crippen LogP contribution in [0.1, 0.15) is 36.2 Å². The Morgan fingerprint density at radius 1 is 1.40 bits per heavy atom. The average molecular weight is 278 g/mol. The van der Waals surface area contributed by atoms with Crippen LogP contribution in [-0.2, 0) is 9.53 Å². The maximum absolute atomic E-state index is 12.1. The third-order valence-corrected chi connectivity index (χ3v) is 3.40. The number of anilines is 1. The molecule has 1 rings (SSSR count). The van der Waals surface area contributed by atoms with Gasteiger partial charge in [0.05, 0.1) is 24.4 Å². The van der Waals surface area contributed by atoms with E-state index >= 15 is 0 Å². The Kier molecular flexibility index (Phi) is 5.70. The molecule has 0 fully saturated rings. The predicted molar refractivity (Wildman–Crippen MR) is 78.6 cm³/mol. The molecule has 5 nitrogen and oxygen atoms in total. The highest BCUT2D eigenvalue weighted by Gasteiger charge is 2.21. The number of amides is 1. The third-order valence-electron chi connectivity index (χ3n) is 3.40. The number of hydrogen-bond donors (Lipinski definition) is 2. The number of nitrogens with two attached hydrogens (primary N) is 1. The van der Waals surface area contributed by atoms with Gasteiger partial charge < -0.3 is 15.8 Å². The average Bonchev–Trinajstić information content (AvgIpc) is 2.46. The van der Waals surface area contributed by atoms with Gasteiger partial charge in [-0.05, 0) is 25.0 Å². The quantitative estimate of drug-likeness (QED) is 0.808. The van der Waals surface area contributed by atoms with Gasteiger partial charge in [0, 0.05) is 0 Å². The maximum Gasteiger partial charge on any atom is 0.339 e. The van der Waals surface area contributed by atoms with E-state index in [0.717, 1.165) is 12.0 Å². The molecular formula is C15H22N2O3. The molecular weight excluding hydrogens is 256 g/mol. The largest absolute Gasteiger partial charge is 0.465 e. The number of nitrogens with one attached hydrogen (secondary N) is 1. The molecule has 110 valence electrons. The van der Waals surface area contributed by atoms with Crippen LogP contribution in [-0.4, -0.2) is 25.0 Å². The van der Waals surface area contributed by atoms with Crippen molar-refractivity contribution in [3.05, 3.63) is 29.3 Å². The molecule has 0 bridgehead atoms. The Labute approximate surface area is 119 Å². The van der Waals surface area contributed by atoms with Crippen LogP contribution in [0, 0.1) is 12.8 Å². The first kappa shape index (κ1) is 16.2. The van der Waals surface area contributed by atoms with Gasteiger partial charge in [0.25, 0.3) is 0 Å². The van der Waals surface area contributed by atoms with Gasteiger partial charge in [-0.2, -0.15) is 0 Å². The first-order valence-electron chi connectivity index (χ1n) is 6.66. The van der Waals surface area contributed by atoms with E-state index in [4.69, 9.17) is 10.5 Å². The molecule has 0 heterocycles. The van der Waals surface area contributed by atoms with Gasteiger partial charge in [-0.15, -0.1) is 0 Å². The molecule has 0 spiro atoms. The minimum absolute atomic E-state index is 0.0713. The number of esters is 1. The summed E-state index contributed by atoms with van der Waals surface area (Å²) in [7, 11) is 1.31. The fraction of sp³-hybridized carbons (Fsp3) is 0.467. The van der Waals surface area contributed by atoms with Crippen molar-refractivity contribution in [1.82, 2.24) is 0 Å². The summed E-state index contributed by atoms with van der Waals surface area (Å²) in [6.45, 7) is 5.76. The van der Waals surface area contributed by atoms with E-state index in [-0.39, 0.29) is 11.8 Å². The molecule has 0 aliphatic rings. The van der Waals surface area contributed by atoms with Crippen molar-refractivity contribution in [2.24, 2.45) is 11.7 Å². The van der Waals surface area contributed by atoms with Gasteiger partial charge in [-0.3, -0.25) is 4.79 Å².